The van der Waals surface area contributed by atoms with Crippen molar-refractivity contribution in [1.82, 2.24) is 4.57 Å². The highest BCUT2D eigenvalue weighted by molar-refractivity contribution is 5.94. The third-order valence-corrected chi connectivity index (χ3v) is 4.01. The minimum Gasteiger partial charge on any atom is -0.492 e. The Bertz CT molecular complexity index is 997. The zero-order chi connectivity index (χ0) is 14.6. The van der Waals surface area contributed by atoms with Crippen LogP contribution in [0.3, 0.4) is 0 Å². The van der Waals surface area contributed by atoms with Crippen LogP contribution in [0.25, 0.3) is 22.0 Å². The van der Waals surface area contributed by atoms with Crippen molar-refractivity contribution in [3.8, 4) is 5.75 Å². The molecule has 0 spiro atoms. The highest BCUT2D eigenvalue weighted by atomic mass is 16.5. The second-order valence-electron chi connectivity index (χ2n) is 5.23. The minimum absolute atomic E-state index is 0.152. The van der Waals surface area contributed by atoms with Gasteiger partial charge < -0.3 is 13.7 Å². The first-order chi connectivity index (χ1) is 10.2. The van der Waals surface area contributed by atoms with Crippen LogP contribution < -0.4 is 15.8 Å². The largest absolute Gasteiger partial charge is 0.492 e. The fourth-order valence-corrected chi connectivity index (χ4v) is 2.98. The van der Waals surface area contributed by atoms with Crippen LogP contribution in [0.4, 0.5) is 0 Å². The lowest BCUT2D eigenvalue weighted by atomic mass is 10.1. The van der Waals surface area contributed by atoms with Crippen LogP contribution in [0.15, 0.2) is 38.3 Å². The van der Waals surface area contributed by atoms with Gasteiger partial charge in [-0.05, 0) is 25.0 Å². The quantitative estimate of drug-likeness (QED) is 0.592. The molecule has 0 saturated carbocycles. The van der Waals surface area contributed by atoms with Gasteiger partial charge >= 0.3 is 5.63 Å². The maximum Gasteiger partial charge on any atom is 0.344 e. The Labute approximate surface area is 119 Å². The number of benzene rings is 1. The summed E-state index contributed by atoms with van der Waals surface area (Å²) < 4.78 is 12.8. The molecule has 4 rings (SSSR count). The molecule has 1 aromatic carbocycles. The van der Waals surface area contributed by atoms with Gasteiger partial charge in [0, 0.05) is 12.4 Å². The highest BCUT2D eigenvalue weighted by Crippen LogP contribution is 2.30. The summed E-state index contributed by atoms with van der Waals surface area (Å²) >= 11 is 0. The van der Waals surface area contributed by atoms with Crippen molar-refractivity contribution in [2.24, 2.45) is 7.05 Å². The summed E-state index contributed by atoms with van der Waals surface area (Å²) in [7, 11) is 1.78. The number of ether oxygens (including phenoxy) is 1. The van der Waals surface area contributed by atoms with E-state index in [9.17, 15) is 9.59 Å². The molecule has 1 aliphatic rings. The molecule has 0 aliphatic carbocycles. The summed E-state index contributed by atoms with van der Waals surface area (Å²) in [6, 6.07) is 7.27. The molecule has 1 aliphatic heterocycles. The number of hydrogen-bond acceptors (Lipinski definition) is 4. The molecule has 5 nitrogen and oxygen atoms in total. The zero-order valence-electron chi connectivity index (χ0n) is 11.5. The molecule has 0 saturated heterocycles. The SMILES string of the molecule is Cn1c2ccccc2c(=O)c2c3c(c(=O)oc21)CCCO3. The van der Waals surface area contributed by atoms with E-state index < -0.39 is 5.63 Å². The van der Waals surface area contributed by atoms with E-state index in [1.165, 1.54) is 0 Å². The first-order valence-electron chi connectivity index (χ1n) is 6.88. The van der Waals surface area contributed by atoms with Gasteiger partial charge in [-0.1, -0.05) is 12.1 Å². The molecule has 0 N–H and O–H groups in total. The Morgan fingerprint density at radius 3 is 2.86 bits per heavy atom. The Morgan fingerprint density at radius 2 is 2.00 bits per heavy atom. The number of rotatable bonds is 0. The van der Waals surface area contributed by atoms with E-state index >= 15 is 0 Å². The first kappa shape index (κ1) is 12.2. The topological polar surface area (TPSA) is 61.4 Å². The molecule has 0 unspecified atom stereocenters. The lowest BCUT2D eigenvalue weighted by molar-refractivity contribution is 0.285. The molecule has 5 heteroatoms. The second-order valence-corrected chi connectivity index (χ2v) is 5.23. The number of pyridine rings is 1. The van der Waals surface area contributed by atoms with Crippen LogP contribution in [0.1, 0.15) is 12.0 Å². The molecule has 21 heavy (non-hydrogen) atoms. The molecule has 2 aromatic heterocycles. The van der Waals surface area contributed by atoms with Crippen LogP contribution in [0, 0.1) is 0 Å². The number of aryl methyl sites for hydroxylation is 1. The Balaban J connectivity index is 2.33. The van der Waals surface area contributed by atoms with E-state index in [4.69, 9.17) is 9.15 Å². The van der Waals surface area contributed by atoms with Gasteiger partial charge in [-0.25, -0.2) is 4.79 Å². The molecule has 0 atom stereocenters. The van der Waals surface area contributed by atoms with Crippen molar-refractivity contribution in [3.63, 3.8) is 0 Å². The third kappa shape index (κ3) is 1.57. The van der Waals surface area contributed by atoms with Gasteiger partial charge in [-0.2, -0.15) is 0 Å². The Morgan fingerprint density at radius 1 is 1.19 bits per heavy atom. The zero-order valence-corrected chi connectivity index (χ0v) is 11.5. The van der Waals surface area contributed by atoms with Crippen LogP contribution >= 0.6 is 0 Å². The van der Waals surface area contributed by atoms with Crippen LogP contribution in [0.2, 0.25) is 0 Å². The molecule has 0 fully saturated rings. The van der Waals surface area contributed by atoms with E-state index in [2.05, 4.69) is 0 Å². The van der Waals surface area contributed by atoms with Gasteiger partial charge in [0.25, 0.3) is 0 Å². The average molecular weight is 283 g/mol. The monoisotopic (exact) mass is 283 g/mol. The van der Waals surface area contributed by atoms with Crippen LogP contribution in [-0.4, -0.2) is 11.2 Å². The van der Waals surface area contributed by atoms with E-state index in [1.54, 1.807) is 17.7 Å². The normalized spacial score (nSPS) is 14.1. The smallest absolute Gasteiger partial charge is 0.344 e. The standard InChI is InChI=1S/C16H13NO4/c1-17-11-7-3-2-5-9(11)13(18)12-14-10(6-4-8-20-14)16(19)21-15(12)17/h2-3,5,7H,4,6,8H2,1H3. The second kappa shape index (κ2) is 4.22. The molecule has 0 radical (unpaired) electrons. The lowest BCUT2D eigenvalue weighted by Crippen LogP contribution is -2.21. The van der Waals surface area contributed by atoms with Crippen molar-refractivity contribution in [1.29, 1.82) is 0 Å². The predicted octanol–water partition coefficient (Wildman–Crippen LogP) is 1.97. The molecule has 3 heterocycles. The maximum absolute atomic E-state index is 12.8. The number of hydrogen-bond donors (Lipinski definition) is 0. The predicted molar refractivity (Wildman–Crippen MR) is 79.0 cm³/mol. The van der Waals surface area contributed by atoms with Gasteiger partial charge in [0.2, 0.25) is 11.1 Å². The number of para-hydroxylation sites is 1. The minimum atomic E-state index is -0.414. The third-order valence-electron chi connectivity index (χ3n) is 4.01. The maximum atomic E-state index is 12.8. The van der Waals surface area contributed by atoms with Crippen LogP contribution in [-0.2, 0) is 13.5 Å². The summed E-state index contributed by atoms with van der Waals surface area (Å²) in [5, 5.41) is 0.961. The first-order valence-corrected chi connectivity index (χ1v) is 6.88. The van der Waals surface area contributed by atoms with E-state index in [0.29, 0.717) is 35.1 Å². The van der Waals surface area contributed by atoms with E-state index in [0.717, 1.165) is 11.9 Å². The Hall–Kier alpha value is -2.56. The molecule has 3 aromatic rings. The summed E-state index contributed by atoms with van der Waals surface area (Å²) in [5.41, 5.74) is 0.905. The van der Waals surface area contributed by atoms with Gasteiger partial charge in [0.15, 0.2) is 0 Å². The lowest BCUT2D eigenvalue weighted by Gasteiger charge is -2.18. The summed E-state index contributed by atoms with van der Waals surface area (Å²) in [6.45, 7) is 0.515. The van der Waals surface area contributed by atoms with E-state index in [1.807, 2.05) is 18.2 Å². The van der Waals surface area contributed by atoms with E-state index in [-0.39, 0.29) is 11.1 Å². The van der Waals surface area contributed by atoms with Gasteiger partial charge in [-0.3, -0.25) is 4.79 Å². The summed E-state index contributed by atoms with van der Waals surface area (Å²) in [4.78, 5) is 24.9. The molecular weight excluding hydrogens is 270 g/mol. The van der Waals surface area contributed by atoms with Crippen LogP contribution in [0.5, 0.6) is 5.75 Å². The average Bonchev–Trinajstić information content (AvgIpc) is 2.53. The molecule has 0 amide bonds. The van der Waals surface area contributed by atoms with Gasteiger partial charge in [0.1, 0.15) is 11.1 Å². The molecular formula is C16H13NO4. The van der Waals surface area contributed by atoms with Crippen molar-refractivity contribution >= 4 is 22.0 Å². The molecule has 106 valence electrons. The molecule has 0 bridgehead atoms. The number of nitrogens with zero attached hydrogens (tertiary/aromatic N) is 1. The fourth-order valence-electron chi connectivity index (χ4n) is 2.98. The van der Waals surface area contributed by atoms with Crippen molar-refractivity contribution in [2.75, 3.05) is 6.61 Å². The van der Waals surface area contributed by atoms with Crippen molar-refractivity contribution in [3.05, 3.63) is 50.5 Å². The van der Waals surface area contributed by atoms with Crippen molar-refractivity contribution in [2.45, 2.75) is 12.8 Å². The van der Waals surface area contributed by atoms with Crippen molar-refractivity contribution < 1.29 is 9.15 Å². The summed E-state index contributed by atoms with van der Waals surface area (Å²) in [5.74, 6) is 0.402. The van der Waals surface area contributed by atoms with Gasteiger partial charge in [0.05, 0.1) is 17.7 Å². The summed E-state index contributed by atoms with van der Waals surface area (Å²) in [6.07, 6.45) is 1.35. The fraction of sp³-hybridized carbons (Fsp3) is 0.250. The number of aromatic nitrogens is 1. The highest BCUT2D eigenvalue weighted by Gasteiger charge is 2.23. The Kier molecular flexibility index (Phi) is 2.45. The number of fused-ring (bicyclic) bond motifs is 4. The van der Waals surface area contributed by atoms with Gasteiger partial charge in [-0.15, -0.1) is 0 Å².